The molecule has 2 atom stereocenters. The van der Waals surface area contributed by atoms with Crippen molar-refractivity contribution >= 4 is 23.2 Å². The van der Waals surface area contributed by atoms with Crippen LogP contribution < -0.4 is 5.73 Å². The third kappa shape index (κ3) is 2.43. The minimum Gasteiger partial charge on any atom is -0.339 e. The molecule has 4 rings (SSSR count). The lowest BCUT2D eigenvalue weighted by Gasteiger charge is -2.17. The van der Waals surface area contributed by atoms with E-state index < -0.39 is 5.54 Å². The summed E-state index contributed by atoms with van der Waals surface area (Å²) in [6.07, 6.45) is 5.10. The largest absolute Gasteiger partial charge is 0.339 e. The lowest BCUT2D eigenvalue weighted by Crippen LogP contribution is -2.34. The zero-order valence-corrected chi connectivity index (χ0v) is 13.6. The van der Waals surface area contributed by atoms with Crippen molar-refractivity contribution in [1.82, 2.24) is 10.1 Å². The highest BCUT2D eigenvalue weighted by Crippen LogP contribution is 2.56. The Morgan fingerprint density at radius 3 is 2.68 bits per heavy atom. The van der Waals surface area contributed by atoms with Crippen molar-refractivity contribution < 1.29 is 4.52 Å². The number of hydrogen-bond donors (Lipinski definition) is 1. The van der Waals surface area contributed by atoms with Crippen LogP contribution in [0, 0.1) is 0 Å². The van der Waals surface area contributed by atoms with Crippen molar-refractivity contribution in [3.05, 3.63) is 45.5 Å². The van der Waals surface area contributed by atoms with Crippen LogP contribution in [0.3, 0.4) is 0 Å². The minimum absolute atomic E-state index is 0.241. The summed E-state index contributed by atoms with van der Waals surface area (Å²) in [6, 6.07) is 5.62. The number of aromatic nitrogens is 2. The summed E-state index contributed by atoms with van der Waals surface area (Å²) in [5.41, 5.74) is 7.08. The van der Waals surface area contributed by atoms with E-state index in [4.69, 9.17) is 33.5 Å². The molecule has 2 aliphatic carbocycles. The zero-order valence-electron chi connectivity index (χ0n) is 12.1. The molecule has 1 aromatic heterocycles. The fraction of sp³-hybridized carbons (Fsp3) is 0.500. The van der Waals surface area contributed by atoms with Gasteiger partial charge in [0.15, 0.2) is 5.82 Å². The van der Waals surface area contributed by atoms with Crippen LogP contribution in [0.4, 0.5) is 0 Å². The molecule has 0 radical (unpaired) electrons. The van der Waals surface area contributed by atoms with Crippen molar-refractivity contribution in [3.63, 3.8) is 0 Å². The fourth-order valence-corrected chi connectivity index (χ4v) is 3.98. The average molecular weight is 338 g/mol. The molecule has 0 bridgehead atoms. The average Bonchev–Trinajstić information content (AvgIpc) is 2.91. The molecule has 2 fully saturated rings. The van der Waals surface area contributed by atoms with Gasteiger partial charge in [-0.2, -0.15) is 4.98 Å². The molecule has 0 amide bonds. The van der Waals surface area contributed by atoms with E-state index in [1.165, 1.54) is 0 Å². The Kier molecular flexibility index (Phi) is 3.44. The molecule has 2 N–H and O–H groups in total. The van der Waals surface area contributed by atoms with Crippen LogP contribution in [-0.2, 0) is 5.54 Å². The van der Waals surface area contributed by atoms with E-state index in [9.17, 15) is 0 Å². The minimum atomic E-state index is -0.399. The Morgan fingerprint density at radius 2 is 1.95 bits per heavy atom. The van der Waals surface area contributed by atoms with E-state index in [0.717, 1.165) is 37.7 Å². The Bertz CT molecular complexity index is 709. The maximum Gasteiger partial charge on any atom is 0.230 e. The van der Waals surface area contributed by atoms with Crippen LogP contribution >= 0.6 is 23.2 Å². The molecule has 0 spiro atoms. The van der Waals surface area contributed by atoms with Gasteiger partial charge in [-0.3, -0.25) is 0 Å². The molecule has 0 aliphatic heterocycles. The first-order valence-corrected chi connectivity index (χ1v) is 8.40. The Balaban J connectivity index is 1.54. The highest BCUT2D eigenvalue weighted by atomic mass is 35.5. The quantitative estimate of drug-likeness (QED) is 0.902. The maximum atomic E-state index is 6.38. The third-order valence-electron chi connectivity index (χ3n) is 4.85. The van der Waals surface area contributed by atoms with Crippen molar-refractivity contribution in [3.8, 4) is 0 Å². The molecule has 2 aromatic rings. The molecular formula is C16H17Cl2N3O. The predicted octanol–water partition coefficient (Wildman–Crippen LogP) is 4.38. The second-order valence-electron chi connectivity index (χ2n) is 6.43. The smallest absolute Gasteiger partial charge is 0.230 e. The number of hydrogen-bond acceptors (Lipinski definition) is 4. The van der Waals surface area contributed by atoms with E-state index >= 15 is 0 Å². The Hall–Kier alpha value is -1.10. The first kappa shape index (κ1) is 14.5. The van der Waals surface area contributed by atoms with Crippen LogP contribution in [0.25, 0.3) is 0 Å². The summed E-state index contributed by atoms with van der Waals surface area (Å²) >= 11 is 12.2. The van der Waals surface area contributed by atoms with Crippen LogP contribution in [-0.4, -0.2) is 10.1 Å². The summed E-state index contributed by atoms with van der Waals surface area (Å²) in [4.78, 5) is 4.58. The van der Waals surface area contributed by atoms with Gasteiger partial charge in [-0.25, -0.2) is 0 Å². The summed E-state index contributed by atoms with van der Waals surface area (Å²) < 4.78 is 5.47. The van der Waals surface area contributed by atoms with Crippen molar-refractivity contribution in [2.45, 2.75) is 49.5 Å². The van der Waals surface area contributed by atoms with Crippen LogP contribution in [0.5, 0.6) is 0 Å². The molecule has 1 aromatic carbocycles. The van der Waals surface area contributed by atoms with Crippen molar-refractivity contribution in [2.24, 2.45) is 5.73 Å². The second-order valence-corrected chi connectivity index (χ2v) is 7.28. The Labute approximate surface area is 139 Å². The standard InChI is InChI=1S/C16H17Cl2N3O/c17-9-3-4-10(13(18)7-9)11-8-12(11)14-20-15(21-22-14)16(19)5-1-2-6-16/h3-4,7,11-12H,1-2,5-6,8,19H2. The predicted molar refractivity (Wildman–Crippen MR) is 85.2 cm³/mol. The number of nitrogens with zero attached hydrogens (tertiary/aromatic N) is 2. The SMILES string of the molecule is NC1(c2noc(C3CC3c3ccc(Cl)cc3Cl)n2)CCCC1. The molecule has 6 heteroatoms. The van der Waals surface area contributed by atoms with E-state index in [1.807, 2.05) is 12.1 Å². The van der Waals surface area contributed by atoms with Crippen LogP contribution in [0.15, 0.2) is 22.7 Å². The van der Waals surface area contributed by atoms with Gasteiger partial charge in [-0.05, 0) is 42.9 Å². The normalized spacial score (nSPS) is 26.3. The van der Waals surface area contributed by atoms with Gasteiger partial charge in [0.05, 0.1) is 5.54 Å². The number of rotatable bonds is 3. The van der Waals surface area contributed by atoms with Gasteiger partial charge in [-0.15, -0.1) is 0 Å². The van der Waals surface area contributed by atoms with Crippen molar-refractivity contribution in [1.29, 1.82) is 0 Å². The van der Waals surface area contributed by atoms with Gasteiger partial charge in [0, 0.05) is 16.0 Å². The molecule has 2 unspecified atom stereocenters. The van der Waals surface area contributed by atoms with E-state index in [-0.39, 0.29) is 5.92 Å². The molecule has 1 heterocycles. The molecule has 4 nitrogen and oxygen atoms in total. The molecule has 2 saturated carbocycles. The van der Waals surface area contributed by atoms with E-state index in [0.29, 0.717) is 27.7 Å². The second kappa shape index (κ2) is 5.22. The fourth-order valence-electron chi connectivity index (χ4n) is 3.43. The van der Waals surface area contributed by atoms with Gasteiger partial charge in [0.2, 0.25) is 5.89 Å². The highest BCUT2D eigenvalue weighted by Gasteiger charge is 2.46. The van der Waals surface area contributed by atoms with E-state index in [1.54, 1.807) is 6.07 Å². The molecule has 116 valence electrons. The summed E-state index contributed by atoms with van der Waals surface area (Å²) in [5.74, 6) is 1.91. The van der Waals surface area contributed by atoms with Gasteiger partial charge in [-0.1, -0.05) is 47.3 Å². The topological polar surface area (TPSA) is 64.9 Å². The number of benzene rings is 1. The summed E-state index contributed by atoms with van der Waals surface area (Å²) in [6.45, 7) is 0. The van der Waals surface area contributed by atoms with Crippen LogP contribution in [0.1, 0.15) is 61.2 Å². The number of nitrogens with two attached hydrogens (primary N) is 1. The summed E-state index contributed by atoms with van der Waals surface area (Å²) in [5, 5.41) is 5.48. The lowest BCUT2D eigenvalue weighted by atomic mass is 9.99. The Morgan fingerprint density at radius 1 is 1.18 bits per heavy atom. The first-order chi connectivity index (χ1) is 10.6. The molecule has 2 aliphatic rings. The highest BCUT2D eigenvalue weighted by molar-refractivity contribution is 6.35. The van der Waals surface area contributed by atoms with E-state index in [2.05, 4.69) is 10.1 Å². The lowest BCUT2D eigenvalue weighted by molar-refractivity contribution is 0.348. The number of halogens is 2. The third-order valence-corrected chi connectivity index (χ3v) is 5.41. The van der Waals surface area contributed by atoms with Gasteiger partial charge in [0.25, 0.3) is 0 Å². The van der Waals surface area contributed by atoms with Gasteiger partial charge in [0.1, 0.15) is 0 Å². The molecule has 0 saturated heterocycles. The first-order valence-electron chi connectivity index (χ1n) is 7.65. The molecular weight excluding hydrogens is 321 g/mol. The summed E-state index contributed by atoms with van der Waals surface area (Å²) in [7, 11) is 0. The monoisotopic (exact) mass is 337 g/mol. The van der Waals surface area contributed by atoms with Crippen LogP contribution in [0.2, 0.25) is 10.0 Å². The maximum absolute atomic E-state index is 6.38. The zero-order chi connectivity index (χ0) is 15.3. The van der Waals surface area contributed by atoms with Gasteiger partial charge < -0.3 is 10.3 Å². The van der Waals surface area contributed by atoms with Gasteiger partial charge >= 0.3 is 0 Å². The molecule has 22 heavy (non-hydrogen) atoms. The van der Waals surface area contributed by atoms with Crippen molar-refractivity contribution in [2.75, 3.05) is 0 Å².